The highest BCUT2D eigenvalue weighted by molar-refractivity contribution is 5.85. The molecule has 0 bridgehead atoms. The Morgan fingerprint density at radius 3 is 2.40 bits per heavy atom. The predicted octanol–water partition coefficient (Wildman–Crippen LogP) is 2.64. The maximum atomic E-state index is 5.70. The Labute approximate surface area is 98.2 Å². The summed E-state index contributed by atoms with van der Waals surface area (Å²) >= 11 is 0. The summed E-state index contributed by atoms with van der Waals surface area (Å²) < 4.78 is 5.29. The largest absolute Gasteiger partial charge is 0.496 e. The third-order valence-corrected chi connectivity index (χ3v) is 2.41. The summed E-state index contributed by atoms with van der Waals surface area (Å²) in [5.74, 6) is 0.953. The Kier molecular flexibility index (Phi) is 5.69. The third kappa shape index (κ3) is 4.10. The van der Waals surface area contributed by atoms with Crippen LogP contribution in [0.1, 0.15) is 19.4 Å². The molecule has 1 rings (SSSR count). The molecule has 0 amide bonds. The highest BCUT2D eigenvalue weighted by atomic mass is 35.5. The second kappa shape index (κ2) is 5.99. The lowest BCUT2D eigenvalue weighted by atomic mass is 9.86. The number of benzene rings is 1. The van der Waals surface area contributed by atoms with E-state index in [9.17, 15) is 0 Å². The van der Waals surface area contributed by atoms with Gasteiger partial charge in [0.1, 0.15) is 5.75 Å². The standard InChI is InChI=1S/C12H19NO.ClH/c1-12(2,9-13)8-10-6-4-5-7-11(10)14-3;/h4-7H,8-9,13H2,1-3H3;1H. The van der Waals surface area contributed by atoms with Gasteiger partial charge in [0.15, 0.2) is 0 Å². The number of para-hydroxylation sites is 1. The minimum Gasteiger partial charge on any atom is -0.496 e. The molecular formula is C12H20ClNO. The highest BCUT2D eigenvalue weighted by Crippen LogP contribution is 2.26. The van der Waals surface area contributed by atoms with Gasteiger partial charge in [-0.25, -0.2) is 0 Å². The molecule has 0 heterocycles. The molecule has 3 heteroatoms. The van der Waals surface area contributed by atoms with Crippen molar-refractivity contribution in [1.29, 1.82) is 0 Å². The molecule has 0 atom stereocenters. The van der Waals surface area contributed by atoms with Crippen molar-refractivity contribution in [3.05, 3.63) is 29.8 Å². The smallest absolute Gasteiger partial charge is 0.122 e. The normalized spacial score (nSPS) is 10.7. The van der Waals surface area contributed by atoms with Gasteiger partial charge >= 0.3 is 0 Å². The van der Waals surface area contributed by atoms with Gasteiger partial charge in [-0.1, -0.05) is 32.0 Å². The molecule has 1 aromatic rings. The maximum absolute atomic E-state index is 5.70. The van der Waals surface area contributed by atoms with Gasteiger partial charge in [-0.15, -0.1) is 12.4 Å². The molecule has 0 saturated carbocycles. The van der Waals surface area contributed by atoms with Crippen molar-refractivity contribution < 1.29 is 4.74 Å². The molecule has 1 aromatic carbocycles. The molecule has 0 spiro atoms. The van der Waals surface area contributed by atoms with Crippen molar-refractivity contribution in [2.75, 3.05) is 13.7 Å². The highest BCUT2D eigenvalue weighted by Gasteiger charge is 2.18. The van der Waals surface area contributed by atoms with Crippen molar-refractivity contribution in [3.8, 4) is 5.75 Å². The summed E-state index contributed by atoms with van der Waals surface area (Å²) in [4.78, 5) is 0. The first-order chi connectivity index (χ1) is 6.59. The fourth-order valence-corrected chi connectivity index (χ4v) is 1.44. The van der Waals surface area contributed by atoms with E-state index in [1.54, 1.807) is 7.11 Å². The fourth-order valence-electron chi connectivity index (χ4n) is 1.44. The Morgan fingerprint density at radius 2 is 1.87 bits per heavy atom. The van der Waals surface area contributed by atoms with Crippen molar-refractivity contribution >= 4 is 12.4 Å². The van der Waals surface area contributed by atoms with E-state index in [0.717, 1.165) is 12.2 Å². The number of halogens is 1. The molecule has 0 aromatic heterocycles. The van der Waals surface area contributed by atoms with Gasteiger partial charge in [0.05, 0.1) is 7.11 Å². The van der Waals surface area contributed by atoms with E-state index < -0.39 is 0 Å². The molecule has 0 saturated heterocycles. The van der Waals surface area contributed by atoms with Gasteiger partial charge in [0, 0.05) is 0 Å². The van der Waals surface area contributed by atoms with Gasteiger partial charge in [0.2, 0.25) is 0 Å². The number of ether oxygens (including phenoxy) is 1. The zero-order valence-corrected chi connectivity index (χ0v) is 10.4. The SMILES string of the molecule is COc1ccccc1CC(C)(C)CN.Cl. The van der Waals surface area contributed by atoms with Crippen LogP contribution in [0.5, 0.6) is 5.75 Å². The van der Waals surface area contributed by atoms with E-state index in [1.807, 2.05) is 18.2 Å². The minimum atomic E-state index is 0. The molecule has 0 aliphatic carbocycles. The second-order valence-electron chi connectivity index (χ2n) is 4.36. The summed E-state index contributed by atoms with van der Waals surface area (Å²) in [5, 5.41) is 0. The average Bonchev–Trinajstić information content (AvgIpc) is 2.18. The van der Waals surface area contributed by atoms with Gasteiger partial charge in [0.25, 0.3) is 0 Å². The number of hydrogen-bond donors (Lipinski definition) is 1. The van der Waals surface area contributed by atoms with Crippen LogP contribution in [0.2, 0.25) is 0 Å². The zero-order valence-electron chi connectivity index (χ0n) is 9.62. The Morgan fingerprint density at radius 1 is 1.27 bits per heavy atom. The number of nitrogens with two attached hydrogens (primary N) is 1. The van der Waals surface area contributed by atoms with Gasteiger partial charge in [-0.3, -0.25) is 0 Å². The quantitative estimate of drug-likeness (QED) is 0.862. The lowest BCUT2D eigenvalue weighted by molar-refractivity contribution is 0.359. The fraction of sp³-hybridized carbons (Fsp3) is 0.500. The summed E-state index contributed by atoms with van der Waals surface area (Å²) in [6.45, 7) is 5.02. The molecule has 0 aliphatic rings. The Balaban J connectivity index is 0.00000196. The van der Waals surface area contributed by atoms with Crippen LogP contribution in [0.15, 0.2) is 24.3 Å². The van der Waals surface area contributed by atoms with Crippen molar-refractivity contribution in [1.82, 2.24) is 0 Å². The minimum absolute atomic E-state index is 0. The van der Waals surface area contributed by atoms with Crippen molar-refractivity contribution in [3.63, 3.8) is 0 Å². The Hall–Kier alpha value is -0.730. The molecule has 0 unspecified atom stereocenters. The van der Waals surface area contributed by atoms with E-state index in [1.165, 1.54) is 5.56 Å². The first-order valence-electron chi connectivity index (χ1n) is 4.91. The monoisotopic (exact) mass is 229 g/mol. The van der Waals surface area contributed by atoms with Gasteiger partial charge < -0.3 is 10.5 Å². The van der Waals surface area contributed by atoms with Crippen LogP contribution in [-0.2, 0) is 6.42 Å². The van der Waals surface area contributed by atoms with E-state index in [2.05, 4.69) is 19.9 Å². The summed E-state index contributed by atoms with van der Waals surface area (Å²) in [7, 11) is 1.70. The van der Waals surface area contributed by atoms with Crippen molar-refractivity contribution in [2.45, 2.75) is 20.3 Å². The molecule has 0 radical (unpaired) electrons. The first kappa shape index (κ1) is 14.3. The summed E-state index contributed by atoms with van der Waals surface area (Å²) in [6.07, 6.45) is 0.952. The molecule has 0 fully saturated rings. The summed E-state index contributed by atoms with van der Waals surface area (Å²) in [5.41, 5.74) is 7.07. The maximum Gasteiger partial charge on any atom is 0.122 e. The summed E-state index contributed by atoms with van der Waals surface area (Å²) in [6, 6.07) is 8.10. The zero-order chi connectivity index (χ0) is 10.6. The van der Waals surface area contributed by atoms with E-state index in [-0.39, 0.29) is 17.8 Å². The van der Waals surface area contributed by atoms with E-state index >= 15 is 0 Å². The molecule has 2 nitrogen and oxygen atoms in total. The number of rotatable bonds is 4. The van der Waals surface area contributed by atoms with E-state index in [0.29, 0.717) is 6.54 Å². The lowest BCUT2D eigenvalue weighted by Gasteiger charge is -2.23. The molecule has 0 aliphatic heterocycles. The second-order valence-corrected chi connectivity index (χ2v) is 4.36. The van der Waals surface area contributed by atoms with Crippen molar-refractivity contribution in [2.24, 2.45) is 11.1 Å². The first-order valence-corrected chi connectivity index (χ1v) is 4.91. The number of methoxy groups -OCH3 is 1. The average molecular weight is 230 g/mol. The van der Waals surface area contributed by atoms with Crippen LogP contribution in [-0.4, -0.2) is 13.7 Å². The van der Waals surface area contributed by atoms with Crippen LogP contribution in [0.3, 0.4) is 0 Å². The topological polar surface area (TPSA) is 35.2 Å². The predicted molar refractivity (Wildman–Crippen MR) is 66.8 cm³/mol. The van der Waals surface area contributed by atoms with Crippen LogP contribution in [0, 0.1) is 5.41 Å². The lowest BCUT2D eigenvalue weighted by Crippen LogP contribution is -2.26. The van der Waals surface area contributed by atoms with Crippen LogP contribution >= 0.6 is 12.4 Å². The van der Waals surface area contributed by atoms with Gasteiger partial charge in [-0.2, -0.15) is 0 Å². The Bertz CT molecular complexity index is 299. The molecule has 86 valence electrons. The van der Waals surface area contributed by atoms with Crippen LogP contribution < -0.4 is 10.5 Å². The van der Waals surface area contributed by atoms with Gasteiger partial charge in [-0.05, 0) is 30.0 Å². The molecular weight excluding hydrogens is 210 g/mol. The molecule has 2 N–H and O–H groups in total. The van der Waals surface area contributed by atoms with Crippen LogP contribution in [0.25, 0.3) is 0 Å². The number of hydrogen-bond acceptors (Lipinski definition) is 2. The molecule has 15 heavy (non-hydrogen) atoms. The third-order valence-electron chi connectivity index (χ3n) is 2.41. The van der Waals surface area contributed by atoms with Crippen LogP contribution in [0.4, 0.5) is 0 Å². The van der Waals surface area contributed by atoms with E-state index in [4.69, 9.17) is 10.5 Å².